The molecule has 1 amide bonds. The molecule has 4 unspecified atom stereocenters. The van der Waals surface area contributed by atoms with Crippen LogP contribution < -0.4 is 0 Å². The summed E-state index contributed by atoms with van der Waals surface area (Å²) in [4.78, 5) is 22.2. The van der Waals surface area contributed by atoms with E-state index in [1.54, 1.807) is 6.20 Å². The maximum atomic E-state index is 14.2. The molecule has 4 heterocycles. The summed E-state index contributed by atoms with van der Waals surface area (Å²) in [6.45, 7) is 4.57. The van der Waals surface area contributed by atoms with Gasteiger partial charge in [0.25, 0.3) is 5.92 Å². The van der Waals surface area contributed by atoms with E-state index in [-0.39, 0.29) is 17.4 Å². The smallest absolute Gasteiger partial charge is 0.272 e. The van der Waals surface area contributed by atoms with E-state index in [0.29, 0.717) is 42.4 Å². The molecule has 178 valence electrons. The number of hydrogen-bond donors (Lipinski definition) is 0. The van der Waals surface area contributed by atoms with Crippen LogP contribution in [0, 0.1) is 11.8 Å². The van der Waals surface area contributed by atoms with Crippen LogP contribution >= 0.6 is 0 Å². The molecule has 0 spiro atoms. The van der Waals surface area contributed by atoms with E-state index < -0.39 is 5.92 Å². The van der Waals surface area contributed by atoms with Gasteiger partial charge < -0.3 is 9.80 Å². The van der Waals surface area contributed by atoms with Crippen molar-refractivity contribution in [2.75, 3.05) is 20.1 Å². The number of nitrogens with zero attached hydrogens (tertiary/aromatic N) is 3. The number of pyridine rings is 1. The van der Waals surface area contributed by atoms with Gasteiger partial charge in [-0.2, -0.15) is 0 Å². The van der Waals surface area contributed by atoms with Gasteiger partial charge in [0.1, 0.15) is 0 Å². The second kappa shape index (κ2) is 8.61. The van der Waals surface area contributed by atoms with Crippen molar-refractivity contribution in [3.8, 4) is 0 Å². The van der Waals surface area contributed by atoms with Crippen molar-refractivity contribution in [2.45, 2.75) is 76.3 Å². The first-order valence-corrected chi connectivity index (χ1v) is 12.5. The highest BCUT2D eigenvalue weighted by Crippen LogP contribution is 2.41. The van der Waals surface area contributed by atoms with E-state index in [4.69, 9.17) is 0 Å². The summed E-state index contributed by atoms with van der Waals surface area (Å²) >= 11 is 0. The Morgan fingerprint density at radius 2 is 1.85 bits per heavy atom. The monoisotopic (exact) mass is 455 g/mol. The minimum absolute atomic E-state index is 0.0319. The maximum Gasteiger partial charge on any atom is 0.272 e. The van der Waals surface area contributed by atoms with E-state index in [1.807, 2.05) is 23.1 Å². The third kappa shape index (κ3) is 4.39. The molecule has 2 bridgehead atoms. The predicted molar refractivity (Wildman–Crippen MR) is 126 cm³/mol. The molecule has 0 aliphatic carbocycles. The van der Waals surface area contributed by atoms with Gasteiger partial charge in [-0.1, -0.05) is 25.1 Å². The molecule has 33 heavy (non-hydrogen) atoms. The van der Waals surface area contributed by atoms with Gasteiger partial charge in [-0.15, -0.1) is 0 Å². The van der Waals surface area contributed by atoms with Crippen LogP contribution in [0.15, 0.2) is 30.5 Å². The Kier molecular flexibility index (Phi) is 5.92. The number of carbonyl (C=O) groups is 1. The van der Waals surface area contributed by atoms with Crippen LogP contribution in [0.2, 0.25) is 0 Å². The molecule has 3 aliphatic heterocycles. The van der Waals surface area contributed by atoms with Gasteiger partial charge in [-0.25, -0.2) is 8.78 Å². The lowest BCUT2D eigenvalue weighted by atomic mass is 9.82. The predicted octanol–water partition coefficient (Wildman–Crippen LogP) is 5.56. The highest BCUT2D eigenvalue weighted by atomic mass is 19.3. The van der Waals surface area contributed by atoms with Gasteiger partial charge in [0.2, 0.25) is 5.91 Å². The number of likely N-dealkylation sites (tertiary alicyclic amines) is 1. The number of fused-ring (bicyclic) bond motifs is 3. The Hall–Kier alpha value is -2.08. The van der Waals surface area contributed by atoms with Gasteiger partial charge in [0.15, 0.2) is 0 Å². The molecule has 3 fully saturated rings. The number of aromatic nitrogens is 1. The molecule has 5 rings (SSSR count). The van der Waals surface area contributed by atoms with E-state index in [0.717, 1.165) is 43.7 Å². The molecule has 3 aliphatic rings. The number of amides is 1. The summed E-state index contributed by atoms with van der Waals surface area (Å²) in [6, 6.07) is 8.37. The van der Waals surface area contributed by atoms with Crippen LogP contribution in [0.25, 0.3) is 10.9 Å². The van der Waals surface area contributed by atoms with Gasteiger partial charge in [-0.05, 0) is 62.6 Å². The lowest BCUT2D eigenvalue weighted by Crippen LogP contribution is -2.45. The van der Waals surface area contributed by atoms with Gasteiger partial charge in [0, 0.05) is 61.6 Å². The SMILES string of the molecule is CC1CC(c2ccc(C(C)(F)F)c3ncccc23)CN(C(=O)CC2CC3CCC(C2)N3C)C1. The first kappa shape index (κ1) is 22.7. The zero-order chi connectivity index (χ0) is 23.3. The minimum Gasteiger partial charge on any atom is -0.342 e. The van der Waals surface area contributed by atoms with Crippen molar-refractivity contribution in [2.24, 2.45) is 11.8 Å². The number of carbonyl (C=O) groups excluding carboxylic acids is 1. The lowest BCUT2D eigenvalue weighted by molar-refractivity contribution is -0.134. The van der Waals surface area contributed by atoms with Crippen molar-refractivity contribution in [3.63, 3.8) is 0 Å². The van der Waals surface area contributed by atoms with Gasteiger partial charge in [-0.3, -0.25) is 9.78 Å². The van der Waals surface area contributed by atoms with Crippen molar-refractivity contribution < 1.29 is 13.6 Å². The van der Waals surface area contributed by atoms with Crippen LogP contribution in [0.5, 0.6) is 0 Å². The topological polar surface area (TPSA) is 36.4 Å². The molecular weight excluding hydrogens is 420 g/mol. The standard InChI is InChI=1S/C27H35F2N3O/c1-17-11-19(22-8-9-24(27(2,28)29)26-23(22)5-4-10-30-26)16-32(15-17)25(33)14-18-12-20-6-7-21(13-18)31(20)3/h4-5,8-10,17-21H,6-7,11-16H2,1-3H3. The zero-order valence-corrected chi connectivity index (χ0v) is 19.9. The summed E-state index contributed by atoms with van der Waals surface area (Å²) in [6.07, 6.45) is 7.97. The fourth-order valence-corrected chi connectivity index (χ4v) is 6.75. The first-order valence-electron chi connectivity index (χ1n) is 12.5. The Bertz CT molecular complexity index is 1020. The number of alkyl halides is 2. The lowest BCUT2D eigenvalue weighted by Gasteiger charge is -2.40. The number of piperidine rings is 2. The second-order valence-electron chi connectivity index (χ2n) is 10.9. The molecule has 1 aromatic carbocycles. The van der Waals surface area contributed by atoms with Crippen molar-refractivity contribution in [3.05, 3.63) is 41.6 Å². The average Bonchev–Trinajstić information content (AvgIpc) is 2.97. The largest absolute Gasteiger partial charge is 0.342 e. The third-order valence-corrected chi connectivity index (χ3v) is 8.39. The third-order valence-electron chi connectivity index (χ3n) is 8.39. The highest BCUT2D eigenvalue weighted by molar-refractivity contribution is 5.86. The van der Waals surface area contributed by atoms with Gasteiger partial charge in [0.05, 0.1) is 5.52 Å². The quantitative estimate of drug-likeness (QED) is 0.606. The van der Waals surface area contributed by atoms with Crippen LogP contribution in [-0.2, 0) is 10.7 Å². The number of benzene rings is 1. The van der Waals surface area contributed by atoms with Gasteiger partial charge >= 0.3 is 0 Å². The van der Waals surface area contributed by atoms with Crippen LogP contribution in [0.3, 0.4) is 0 Å². The Balaban J connectivity index is 1.35. The van der Waals surface area contributed by atoms with E-state index in [1.165, 1.54) is 18.9 Å². The maximum absolute atomic E-state index is 14.2. The minimum atomic E-state index is -2.94. The molecule has 0 saturated carbocycles. The molecule has 4 atom stereocenters. The summed E-state index contributed by atoms with van der Waals surface area (Å²) < 4.78 is 28.4. The molecular formula is C27H35F2N3O. The van der Waals surface area contributed by atoms with Crippen LogP contribution in [-0.4, -0.2) is 52.9 Å². The van der Waals surface area contributed by atoms with Crippen molar-refractivity contribution in [1.29, 1.82) is 0 Å². The summed E-state index contributed by atoms with van der Waals surface area (Å²) in [5.74, 6) is -1.68. The molecule has 1 aromatic heterocycles. The normalized spacial score (nSPS) is 30.7. The summed E-state index contributed by atoms with van der Waals surface area (Å²) in [5.41, 5.74) is 1.38. The number of rotatable bonds is 4. The molecule has 6 heteroatoms. The fourth-order valence-electron chi connectivity index (χ4n) is 6.75. The summed E-state index contributed by atoms with van der Waals surface area (Å²) in [5, 5.41) is 0.787. The first-order chi connectivity index (χ1) is 15.7. The molecule has 0 N–H and O–H groups in total. The second-order valence-corrected chi connectivity index (χ2v) is 10.9. The molecule has 2 aromatic rings. The Labute approximate surface area is 195 Å². The van der Waals surface area contributed by atoms with Crippen molar-refractivity contribution >= 4 is 16.8 Å². The van der Waals surface area contributed by atoms with Crippen LogP contribution in [0.4, 0.5) is 8.78 Å². The van der Waals surface area contributed by atoms with E-state index >= 15 is 0 Å². The average molecular weight is 456 g/mol. The van der Waals surface area contributed by atoms with E-state index in [9.17, 15) is 13.6 Å². The number of halogens is 2. The molecule has 4 nitrogen and oxygen atoms in total. The summed E-state index contributed by atoms with van der Waals surface area (Å²) in [7, 11) is 2.23. The Morgan fingerprint density at radius 1 is 1.12 bits per heavy atom. The van der Waals surface area contributed by atoms with E-state index in [2.05, 4.69) is 23.9 Å². The van der Waals surface area contributed by atoms with Crippen LogP contribution in [0.1, 0.15) is 69.4 Å². The Morgan fingerprint density at radius 3 is 2.55 bits per heavy atom. The molecule has 0 radical (unpaired) electrons. The molecule has 3 saturated heterocycles. The number of hydrogen-bond acceptors (Lipinski definition) is 3. The fraction of sp³-hybridized carbons (Fsp3) is 0.630. The highest BCUT2D eigenvalue weighted by Gasteiger charge is 2.40. The van der Waals surface area contributed by atoms with Crippen molar-refractivity contribution in [1.82, 2.24) is 14.8 Å². The zero-order valence-electron chi connectivity index (χ0n) is 19.9.